The number of benzene rings is 2. The molecule has 3 aromatic rings. The van der Waals surface area contributed by atoms with Crippen LogP contribution < -0.4 is 10.4 Å². The highest BCUT2D eigenvalue weighted by atomic mass is 35.5. The lowest BCUT2D eigenvalue weighted by Gasteiger charge is -2.05. The molecule has 0 atom stereocenters. The van der Waals surface area contributed by atoms with Gasteiger partial charge in [0.05, 0.1) is 23.9 Å². The average molecular weight is 365 g/mol. The number of halogens is 2. The van der Waals surface area contributed by atoms with Crippen molar-refractivity contribution in [1.29, 1.82) is 0 Å². The highest BCUT2D eigenvalue weighted by Crippen LogP contribution is 2.17. The predicted octanol–water partition coefficient (Wildman–Crippen LogP) is 3.20. The summed E-state index contributed by atoms with van der Waals surface area (Å²) >= 11 is 11.9. The van der Waals surface area contributed by atoms with Crippen molar-refractivity contribution in [3.8, 4) is 11.4 Å². The Bertz CT molecular complexity index is 874. The fourth-order valence-corrected chi connectivity index (χ4v) is 2.47. The van der Waals surface area contributed by atoms with Crippen LogP contribution in [0.15, 0.2) is 53.3 Å². The quantitative estimate of drug-likeness (QED) is 0.630. The highest BCUT2D eigenvalue weighted by Gasteiger charge is 2.11. The number of rotatable bonds is 6. The fraction of sp³-hybridized carbons (Fsp3) is 0.188. The minimum absolute atomic E-state index is 0.338. The molecule has 0 amide bonds. The minimum atomic E-state index is -0.338. The first-order valence-electron chi connectivity index (χ1n) is 7.31. The zero-order chi connectivity index (χ0) is 16.9. The van der Waals surface area contributed by atoms with E-state index in [1.54, 1.807) is 48.5 Å². The molecule has 0 aliphatic heterocycles. The van der Waals surface area contributed by atoms with Crippen molar-refractivity contribution < 1.29 is 4.74 Å². The maximum atomic E-state index is 12.3. The standard InChI is InChI=1S/C16H14Cl2N4O2/c17-12-6-8-13(9-7-12)24-11-3-10-21-16(23)22(20-19-21)15-5-2-1-4-14(15)18/h1-2,4-9H,3,10-11H2. The zero-order valence-electron chi connectivity index (χ0n) is 12.6. The minimum Gasteiger partial charge on any atom is -0.494 e. The Morgan fingerprint density at radius 3 is 2.50 bits per heavy atom. The Morgan fingerprint density at radius 2 is 1.75 bits per heavy atom. The lowest BCUT2D eigenvalue weighted by atomic mass is 10.3. The molecule has 0 saturated heterocycles. The van der Waals surface area contributed by atoms with Crippen LogP contribution in [0.4, 0.5) is 0 Å². The molecule has 1 aromatic heterocycles. The summed E-state index contributed by atoms with van der Waals surface area (Å²) in [5, 5.41) is 8.85. The van der Waals surface area contributed by atoms with E-state index in [0.29, 0.717) is 35.3 Å². The van der Waals surface area contributed by atoms with Gasteiger partial charge in [-0.05, 0) is 46.8 Å². The maximum absolute atomic E-state index is 12.3. The zero-order valence-corrected chi connectivity index (χ0v) is 14.1. The van der Waals surface area contributed by atoms with Crippen molar-refractivity contribution in [2.75, 3.05) is 6.61 Å². The van der Waals surface area contributed by atoms with Crippen LogP contribution in [0.25, 0.3) is 5.69 Å². The molecule has 0 unspecified atom stereocenters. The van der Waals surface area contributed by atoms with Gasteiger partial charge in [0.2, 0.25) is 0 Å². The smallest absolute Gasteiger partial charge is 0.368 e. The summed E-state index contributed by atoms with van der Waals surface area (Å²) < 4.78 is 8.05. The molecule has 0 aliphatic rings. The van der Waals surface area contributed by atoms with Gasteiger partial charge in [-0.3, -0.25) is 0 Å². The third kappa shape index (κ3) is 3.77. The van der Waals surface area contributed by atoms with Crippen molar-refractivity contribution in [1.82, 2.24) is 19.8 Å². The van der Waals surface area contributed by atoms with Crippen molar-refractivity contribution in [3.63, 3.8) is 0 Å². The number of aromatic nitrogens is 4. The Kier molecular flexibility index (Phi) is 5.17. The largest absolute Gasteiger partial charge is 0.494 e. The third-order valence-electron chi connectivity index (χ3n) is 3.32. The van der Waals surface area contributed by atoms with Crippen LogP contribution >= 0.6 is 23.2 Å². The molecule has 0 fully saturated rings. The van der Waals surface area contributed by atoms with Crippen LogP contribution in [-0.2, 0) is 6.54 Å². The first-order valence-corrected chi connectivity index (χ1v) is 8.07. The van der Waals surface area contributed by atoms with Gasteiger partial charge < -0.3 is 4.74 Å². The molecular weight excluding hydrogens is 351 g/mol. The molecule has 124 valence electrons. The third-order valence-corrected chi connectivity index (χ3v) is 3.89. The fourth-order valence-electron chi connectivity index (χ4n) is 2.12. The SMILES string of the molecule is O=c1n(CCCOc2ccc(Cl)cc2)nnn1-c1ccccc1Cl. The van der Waals surface area contributed by atoms with E-state index >= 15 is 0 Å². The number of aryl methyl sites for hydroxylation is 1. The number of tetrazole rings is 1. The molecule has 0 N–H and O–H groups in total. The predicted molar refractivity (Wildman–Crippen MR) is 92.2 cm³/mol. The molecule has 0 radical (unpaired) electrons. The van der Waals surface area contributed by atoms with E-state index in [1.165, 1.54) is 9.36 Å². The van der Waals surface area contributed by atoms with Gasteiger partial charge in [0.25, 0.3) is 0 Å². The van der Waals surface area contributed by atoms with Crippen molar-refractivity contribution >= 4 is 23.2 Å². The number of nitrogens with zero attached hydrogens (tertiary/aromatic N) is 4. The van der Waals surface area contributed by atoms with Gasteiger partial charge in [-0.1, -0.05) is 35.3 Å². The van der Waals surface area contributed by atoms with Crippen LogP contribution in [0.3, 0.4) is 0 Å². The molecule has 2 aromatic carbocycles. The summed E-state index contributed by atoms with van der Waals surface area (Å²) in [6, 6.07) is 14.1. The molecule has 1 heterocycles. The van der Waals surface area contributed by atoms with E-state index < -0.39 is 0 Å². The molecule has 8 heteroatoms. The summed E-state index contributed by atoms with van der Waals surface area (Å²) in [6.45, 7) is 0.851. The summed E-state index contributed by atoms with van der Waals surface area (Å²) in [5.41, 5.74) is 0.169. The monoisotopic (exact) mass is 364 g/mol. The highest BCUT2D eigenvalue weighted by molar-refractivity contribution is 6.32. The summed E-state index contributed by atoms with van der Waals surface area (Å²) in [7, 11) is 0. The average Bonchev–Trinajstić information content (AvgIpc) is 2.94. The summed E-state index contributed by atoms with van der Waals surface area (Å²) in [6.07, 6.45) is 0.615. The summed E-state index contributed by atoms with van der Waals surface area (Å²) in [4.78, 5) is 12.3. The second-order valence-electron chi connectivity index (χ2n) is 5.00. The van der Waals surface area contributed by atoms with Gasteiger partial charge in [-0.15, -0.1) is 0 Å². The van der Waals surface area contributed by atoms with E-state index in [-0.39, 0.29) is 5.69 Å². The molecule has 24 heavy (non-hydrogen) atoms. The van der Waals surface area contributed by atoms with E-state index in [4.69, 9.17) is 27.9 Å². The lowest BCUT2D eigenvalue weighted by Crippen LogP contribution is -2.25. The normalized spacial score (nSPS) is 10.8. The second-order valence-corrected chi connectivity index (χ2v) is 5.85. The molecule has 0 spiro atoms. The Morgan fingerprint density at radius 1 is 1.00 bits per heavy atom. The molecule has 6 nitrogen and oxygen atoms in total. The van der Waals surface area contributed by atoms with Crippen LogP contribution in [0.5, 0.6) is 5.75 Å². The first kappa shape index (κ1) is 16.5. The molecule has 0 aliphatic carbocycles. The number of hydrogen-bond donors (Lipinski definition) is 0. The van der Waals surface area contributed by atoms with E-state index in [2.05, 4.69) is 10.4 Å². The number of ether oxygens (including phenoxy) is 1. The maximum Gasteiger partial charge on any atom is 0.368 e. The van der Waals surface area contributed by atoms with Crippen LogP contribution in [0, 0.1) is 0 Å². The molecule has 0 bridgehead atoms. The van der Waals surface area contributed by atoms with Gasteiger partial charge in [0.1, 0.15) is 5.75 Å². The molecular formula is C16H14Cl2N4O2. The lowest BCUT2D eigenvalue weighted by molar-refractivity contribution is 0.297. The molecule has 0 saturated carbocycles. The van der Waals surface area contributed by atoms with E-state index in [1.807, 2.05) is 0 Å². The van der Waals surface area contributed by atoms with Crippen molar-refractivity contribution in [2.24, 2.45) is 0 Å². The van der Waals surface area contributed by atoms with E-state index in [0.717, 1.165) is 5.75 Å². The van der Waals surface area contributed by atoms with Crippen LogP contribution in [0.1, 0.15) is 6.42 Å². The topological polar surface area (TPSA) is 61.9 Å². The van der Waals surface area contributed by atoms with Crippen molar-refractivity contribution in [3.05, 3.63) is 69.1 Å². The van der Waals surface area contributed by atoms with Crippen molar-refractivity contribution in [2.45, 2.75) is 13.0 Å². The Labute approximate surface area is 148 Å². The van der Waals surface area contributed by atoms with Crippen LogP contribution in [-0.4, -0.2) is 26.4 Å². The Hall–Kier alpha value is -2.31. The van der Waals surface area contributed by atoms with Gasteiger partial charge in [-0.25, -0.2) is 4.79 Å². The summed E-state index contributed by atoms with van der Waals surface area (Å²) in [5.74, 6) is 0.728. The van der Waals surface area contributed by atoms with Gasteiger partial charge in [-0.2, -0.15) is 9.36 Å². The second kappa shape index (κ2) is 7.51. The number of hydrogen-bond acceptors (Lipinski definition) is 4. The van der Waals surface area contributed by atoms with Gasteiger partial charge in [0.15, 0.2) is 0 Å². The molecule has 3 rings (SSSR count). The Balaban J connectivity index is 1.60. The number of para-hydroxylation sites is 1. The first-order chi connectivity index (χ1) is 11.6. The van der Waals surface area contributed by atoms with Gasteiger partial charge >= 0.3 is 5.69 Å². The van der Waals surface area contributed by atoms with Gasteiger partial charge in [0, 0.05) is 11.4 Å². The van der Waals surface area contributed by atoms with E-state index in [9.17, 15) is 4.79 Å². The van der Waals surface area contributed by atoms with Crippen LogP contribution in [0.2, 0.25) is 10.0 Å².